The Bertz CT molecular complexity index is 174. The van der Waals surface area contributed by atoms with Crippen molar-refractivity contribution >= 4 is 18.4 Å². The van der Waals surface area contributed by atoms with Crippen LogP contribution in [-0.4, -0.2) is 44.1 Å². The van der Waals surface area contributed by atoms with Gasteiger partial charge in [-0.15, -0.1) is 12.4 Å². The molecule has 0 aromatic heterocycles. The van der Waals surface area contributed by atoms with E-state index in [-0.39, 0.29) is 12.4 Å². The maximum absolute atomic E-state index is 4.13. The van der Waals surface area contributed by atoms with Gasteiger partial charge in [-0.05, 0) is 40.4 Å². The van der Waals surface area contributed by atoms with Crippen LogP contribution in [0.25, 0.3) is 0 Å². The standard InChI is InChI=1S/C10H21N3.ClH/c1-5-10(2)12-9-11-7-6-8-13(3)4;/h10H,5-8H2,1-4H3;1H. The van der Waals surface area contributed by atoms with Crippen molar-refractivity contribution in [3.63, 3.8) is 0 Å². The van der Waals surface area contributed by atoms with Gasteiger partial charge in [-0.1, -0.05) is 6.92 Å². The molecule has 0 heterocycles. The Morgan fingerprint density at radius 2 is 2.00 bits per heavy atom. The van der Waals surface area contributed by atoms with Crippen LogP contribution in [0, 0.1) is 0 Å². The SMILES string of the molecule is CCC(C)N=C=NCCCN(C)C.Cl. The third kappa shape index (κ3) is 11.6. The smallest absolute Gasteiger partial charge is 0.0895 e. The fourth-order valence-corrected chi connectivity index (χ4v) is 0.747. The molecule has 0 bridgehead atoms. The van der Waals surface area contributed by atoms with Gasteiger partial charge in [0.05, 0.1) is 18.6 Å². The van der Waals surface area contributed by atoms with Gasteiger partial charge in [-0.3, -0.25) is 0 Å². The monoisotopic (exact) mass is 219 g/mol. The number of halogens is 1. The number of hydrogen-bond acceptors (Lipinski definition) is 3. The summed E-state index contributed by atoms with van der Waals surface area (Å²) >= 11 is 0. The number of rotatable bonds is 6. The van der Waals surface area contributed by atoms with E-state index in [2.05, 4.69) is 48.8 Å². The lowest BCUT2D eigenvalue weighted by Crippen LogP contribution is -2.13. The molecule has 1 unspecified atom stereocenters. The highest BCUT2D eigenvalue weighted by molar-refractivity contribution is 5.85. The van der Waals surface area contributed by atoms with Gasteiger partial charge in [0.2, 0.25) is 0 Å². The molecule has 0 amide bonds. The van der Waals surface area contributed by atoms with Crippen LogP contribution in [0.4, 0.5) is 0 Å². The van der Waals surface area contributed by atoms with E-state index >= 15 is 0 Å². The lowest BCUT2D eigenvalue weighted by atomic mass is 10.3. The molecule has 0 aromatic rings. The normalized spacial score (nSPS) is 11.5. The summed E-state index contributed by atoms with van der Waals surface area (Å²) in [6.45, 7) is 6.09. The van der Waals surface area contributed by atoms with Crippen molar-refractivity contribution in [2.75, 3.05) is 27.2 Å². The van der Waals surface area contributed by atoms with E-state index in [1.807, 2.05) is 0 Å². The van der Waals surface area contributed by atoms with Crippen LogP contribution in [0.2, 0.25) is 0 Å². The molecule has 0 spiro atoms. The molecule has 0 aromatic carbocycles. The van der Waals surface area contributed by atoms with Crippen molar-refractivity contribution in [1.82, 2.24) is 4.90 Å². The summed E-state index contributed by atoms with van der Waals surface area (Å²) in [4.78, 5) is 10.4. The minimum absolute atomic E-state index is 0. The highest BCUT2D eigenvalue weighted by atomic mass is 35.5. The first-order chi connectivity index (χ1) is 6.16. The highest BCUT2D eigenvalue weighted by Crippen LogP contribution is 1.91. The third-order valence-corrected chi connectivity index (χ3v) is 1.81. The molecule has 14 heavy (non-hydrogen) atoms. The molecule has 0 saturated heterocycles. The predicted molar refractivity (Wildman–Crippen MR) is 64.9 cm³/mol. The minimum atomic E-state index is 0. The number of nitrogens with zero attached hydrogens (tertiary/aromatic N) is 3. The molecule has 0 saturated carbocycles. The molecule has 0 rings (SSSR count). The summed E-state index contributed by atoms with van der Waals surface area (Å²) in [5, 5.41) is 0. The van der Waals surface area contributed by atoms with Gasteiger partial charge in [-0.25, -0.2) is 9.98 Å². The quantitative estimate of drug-likeness (QED) is 0.498. The maximum atomic E-state index is 4.13. The molecule has 0 aliphatic carbocycles. The summed E-state index contributed by atoms with van der Waals surface area (Å²) in [5.41, 5.74) is 0. The Morgan fingerprint density at radius 3 is 2.50 bits per heavy atom. The van der Waals surface area contributed by atoms with Gasteiger partial charge in [-0.2, -0.15) is 0 Å². The van der Waals surface area contributed by atoms with E-state index in [0.717, 1.165) is 25.9 Å². The molecular formula is C10H22ClN3. The van der Waals surface area contributed by atoms with Crippen LogP contribution < -0.4 is 0 Å². The minimum Gasteiger partial charge on any atom is -0.309 e. The molecule has 0 aliphatic heterocycles. The summed E-state index contributed by atoms with van der Waals surface area (Å²) in [6, 6.07) is 3.10. The first kappa shape index (κ1) is 16.1. The van der Waals surface area contributed by atoms with Crippen molar-refractivity contribution in [3.8, 4) is 0 Å². The average molecular weight is 220 g/mol. The Labute approximate surface area is 93.7 Å². The zero-order chi connectivity index (χ0) is 10.1. The first-order valence-corrected chi connectivity index (χ1v) is 4.93. The maximum Gasteiger partial charge on any atom is 0.0895 e. The average Bonchev–Trinajstić information content (AvgIpc) is 2.10. The molecule has 3 nitrogen and oxygen atoms in total. The van der Waals surface area contributed by atoms with Crippen LogP contribution in [0.1, 0.15) is 26.7 Å². The van der Waals surface area contributed by atoms with E-state index in [1.54, 1.807) is 0 Å². The van der Waals surface area contributed by atoms with Gasteiger partial charge in [0.15, 0.2) is 0 Å². The molecule has 84 valence electrons. The molecular weight excluding hydrogens is 198 g/mol. The molecule has 0 aliphatic rings. The van der Waals surface area contributed by atoms with Crippen LogP contribution >= 0.6 is 12.4 Å². The third-order valence-electron chi connectivity index (χ3n) is 1.81. The van der Waals surface area contributed by atoms with E-state index in [1.165, 1.54) is 0 Å². The van der Waals surface area contributed by atoms with E-state index < -0.39 is 0 Å². The summed E-state index contributed by atoms with van der Waals surface area (Å²) in [5.74, 6) is 0. The van der Waals surface area contributed by atoms with Gasteiger partial charge in [0.1, 0.15) is 0 Å². The van der Waals surface area contributed by atoms with Crippen LogP contribution in [0.5, 0.6) is 0 Å². The Balaban J connectivity index is 0. The van der Waals surface area contributed by atoms with Crippen molar-refractivity contribution in [3.05, 3.63) is 0 Å². The van der Waals surface area contributed by atoms with Gasteiger partial charge in [0, 0.05) is 0 Å². The van der Waals surface area contributed by atoms with Crippen molar-refractivity contribution in [2.45, 2.75) is 32.7 Å². The largest absolute Gasteiger partial charge is 0.309 e. The summed E-state index contributed by atoms with van der Waals surface area (Å²) < 4.78 is 0. The second-order valence-electron chi connectivity index (χ2n) is 3.52. The predicted octanol–water partition coefficient (Wildman–Crippen LogP) is 2.33. The van der Waals surface area contributed by atoms with E-state index in [0.29, 0.717) is 6.04 Å². The summed E-state index contributed by atoms with van der Waals surface area (Å²) in [6.07, 6.45) is 2.14. The lowest BCUT2D eigenvalue weighted by Gasteiger charge is -2.05. The van der Waals surface area contributed by atoms with Crippen molar-refractivity contribution < 1.29 is 0 Å². The van der Waals surface area contributed by atoms with Crippen molar-refractivity contribution in [1.29, 1.82) is 0 Å². The lowest BCUT2D eigenvalue weighted by molar-refractivity contribution is 0.403. The number of aliphatic imine (C=N–C) groups is 2. The van der Waals surface area contributed by atoms with Crippen LogP contribution in [-0.2, 0) is 0 Å². The molecule has 0 radical (unpaired) electrons. The number of hydrogen-bond donors (Lipinski definition) is 0. The van der Waals surface area contributed by atoms with Crippen LogP contribution in [0.15, 0.2) is 9.98 Å². The second kappa shape index (κ2) is 10.7. The molecule has 1 atom stereocenters. The highest BCUT2D eigenvalue weighted by Gasteiger charge is 1.89. The molecule has 0 N–H and O–H groups in total. The van der Waals surface area contributed by atoms with Gasteiger partial charge < -0.3 is 4.90 Å². The van der Waals surface area contributed by atoms with Gasteiger partial charge in [0.25, 0.3) is 0 Å². The second-order valence-corrected chi connectivity index (χ2v) is 3.52. The zero-order valence-electron chi connectivity index (χ0n) is 9.66. The van der Waals surface area contributed by atoms with E-state index in [4.69, 9.17) is 0 Å². The molecule has 0 fully saturated rings. The Hall–Kier alpha value is -0.370. The zero-order valence-corrected chi connectivity index (χ0v) is 10.5. The fraction of sp³-hybridized carbons (Fsp3) is 0.900. The fourth-order valence-electron chi connectivity index (χ4n) is 0.747. The van der Waals surface area contributed by atoms with Gasteiger partial charge >= 0.3 is 0 Å². The Kier molecular flexibility index (Phi) is 12.3. The molecule has 4 heteroatoms. The topological polar surface area (TPSA) is 28.0 Å². The van der Waals surface area contributed by atoms with E-state index in [9.17, 15) is 0 Å². The van der Waals surface area contributed by atoms with Crippen molar-refractivity contribution in [2.24, 2.45) is 9.98 Å². The first-order valence-electron chi connectivity index (χ1n) is 4.93. The summed E-state index contributed by atoms with van der Waals surface area (Å²) in [7, 11) is 4.13. The van der Waals surface area contributed by atoms with Crippen LogP contribution in [0.3, 0.4) is 0 Å². The Morgan fingerprint density at radius 1 is 1.36 bits per heavy atom.